The summed E-state index contributed by atoms with van der Waals surface area (Å²) in [5.41, 5.74) is 4.09. The fraction of sp³-hybridized carbons (Fsp3) is 0.688. The topological polar surface area (TPSA) is 415 Å². The number of carboxylic acids is 1. The Balaban J connectivity index is 0.000000111. The second-order valence-electron chi connectivity index (χ2n) is 35.3. The Kier molecular flexibility index (Phi) is 19.6. The van der Waals surface area contributed by atoms with Crippen molar-refractivity contribution in [1.82, 2.24) is 74.5 Å². The monoisotopic (exact) mass is 1570 g/mol. The van der Waals surface area contributed by atoms with Crippen molar-refractivity contribution < 1.29 is 77.1 Å². The number of carbonyl (C=O) groups excluding carboxylic acids is 3. The minimum absolute atomic E-state index is 0.0920. The number of anilines is 3. The van der Waals surface area contributed by atoms with E-state index in [4.69, 9.17) is 42.6 Å². The number of amides is 5. The third-order valence-electron chi connectivity index (χ3n) is 27.5. The molecule has 6 aliphatic heterocycles. The van der Waals surface area contributed by atoms with Gasteiger partial charge in [-0.1, -0.05) is 49.6 Å². The van der Waals surface area contributed by atoms with Gasteiger partial charge in [0.1, 0.15) is 61.7 Å². The lowest BCUT2D eigenvalue weighted by molar-refractivity contribution is -0.232. The van der Waals surface area contributed by atoms with Gasteiger partial charge in [-0.05, 0) is 163 Å². The van der Waals surface area contributed by atoms with Crippen molar-refractivity contribution in [3.63, 3.8) is 0 Å². The highest BCUT2D eigenvalue weighted by molar-refractivity contribution is 5.97. The first-order valence-corrected chi connectivity index (χ1v) is 41.8. The molecule has 3 unspecified atom stereocenters. The lowest BCUT2D eigenvalue weighted by Crippen LogP contribution is -2.60. The summed E-state index contributed by atoms with van der Waals surface area (Å²) in [6, 6.07) is 9.73. The Labute approximate surface area is 657 Å². The number of benzene rings is 1. The molecule has 11 aliphatic carbocycles. The molecule has 12 heterocycles. The number of rotatable bonds is 16. The van der Waals surface area contributed by atoms with Crippen molar-refractivity contribution in [2.24, 2.45) is 35.5 Å². The van der Waals surface area contributed by atoms with Crippen LogP contribution >= 0.6 is 0 Å². The number of aliphatic hydroxyl groups excluding tert-OH is 2. The summed E-state index contributed by atoms with van der Waals surface area (Å²) in [7, 11) is 0. The second-order valence-corrected chi connectivity index (χ2v) is 35.3. The number of hydrogen-bond acceptors (Lipinski definition) is 25. The van der Waals surface area contributed by atoms with Gasteiger partial charge in [0.15, 0.2) is 99.2 Å². The molecule has 34 nitrogen and oxygen atoms in total. The maximum absolute atomic E-state index is 13.2. The van der Waals surface area contributed by atoms with Crippen molar-refractivity contribution in [2.45, 2.75) is 282 Å². The van der Waals surface area contributed by atoms with Crippen LogP contribution < -0.4 is 31.9 Å². The average Bonchev–Trinajstić information content (AvgIpc) is 1.18. The number of urea groups is 2. The zero-order valence-electron chi connectivity index (χ0n) is 63.9. The average molecular weight is 1570 g/mol. The first-order chi connectivity index (χ1) is 55.6. The van der Waals surface area contributed by atoms with Gasteiger partial charge >= 0.3 is 18.0 Å². The molecule has 114 heavy (non-hydrogen) atoms. The molecule has 7 aromatic rings. The number of nitrogens with one attached hydrogen (secondary N) is 6. The van der Waals surface area contributed by atoms with Crippen molar-refractivity contribution in [1.29, 1.82) is 0 Å². The fourth-order valence-corrected chi connectivity index (χ4v) is 23.5. The van der Waals surface area contributed by atoms with E-state index in [9.17, 15) is 34.5 Å². The highest BCUT2D eigenvalue weighted by Gasteiger charge is 2.64. The minimum Gasteiger partial charge on any atom is -0.479 e. The van der Waals surface area contributed by atoms with E-state index in [1.54, 1.807) is 23.5 Å². The van der Waals surface area contributed by atoms with E-state index in [1.165, 1.54) is 69.5 Å². The number of aliphatic hydroxyl groups is 2. The summed E-state index contributed by atoms with van der Waals surface area (Å²) in [6.45, 7) is 0.530. The van der Waals surface area contributed by atoms with E-state index < -0.39 is 84.7 Å². The molecule has 1 aromatic carbocycles. The number of aromatic nitrogens is 12. The van der Waals surface area contributed by atoms with Crippen molar-refractivity contribution in [3.05, 3.63) is 73.9 Å². The third-order valence-corrected chi connectivity index (χ3v) is 27.5. The second kappa shape index (κ2) is 30.0. The van der Waals surface area contributed by atoms with Crippen LogP contribution in [0.25, 0.3) is 33.5 Å². The Morgan fingerprint density at radius 1 is 0.439 bits per heavy atom. The molecule has 34 heteroatoms. The molecule has 9 N–H and O–H groups in total. The quantitative estimate of drug-likeness (QED) is 0.0437. The van der Waals surface area contributed by atoms with E-state index >= 15 is 0 Å². The van der Waals surface area contributed by atoms with Gasteiger partial charge in [-0.3, -0.25) is 29.1 Å². The molecule has 6 saturated heterocycles. The molecule has 3 spiro atoms. The molecule has 0 radical (unpaired) electrons. The number of carbonyl (C=O) groups is 4. The number of aliphatic carboxylic acids is 1. The Morgan fingerprint density at radius 3 is 1.25 bits per heavy atom. The maximum atomic E-state index is 13.2. The summed E-state index contributed by atoms with van der Waals surface area (Å²) < 4.78 is 62.3. The van der Waals surface area contributed by atoms with E-state index in [2.05, 4.69) is 88.9 Å². The van der Waals surface area contributed by atoms with E-state index in [1.807, 2.05) is 27.3 Å². The summed E-state index contributed by atoms with van der Waals surface area (Å²) in [6.07, 6.45) is 31.0. The lowest BCUT2D eigenvalue weighted by Gasteiger charge is -2.56. The van der Waals surface area contributed by atoms with Crippen LogP contribution in [0.4, 0.5) is 27.0 Å². The SMILES string of the molecule is O=C(NCCO)[C@H]1O[C@@H](n2cnc3c(NCCc4ccccc4)ncnc32)[C@H]2OC3(CCCCC3)OC12.O=C(Nc1ncnc2c1ncn2[C@@H]1O[C@H](C(=O)O)C2OC3(CCCCC3)O[C@@H]21)NC12CC3CC(CC(C3)C1)C2.O=C(Nc1ncnc2c1ncn2[C@@H]1O[C@H](CO)C2OC3(CCCCC3)O[C@@H]21)NC12CC3CC(CC(C3)C1)C2. The Morgan fingerprint density at radius 2 is 0.825 bits per heavy atom. The minimum atomic E-state index is -1.16. The molecule has 17 fully saturated rings. The zero-order chi connectivity index (χ0) is 77.1. The van der Waals surface area contributed by atoms with Crippen LogP contribution in [-0.4, -0.2) is 207 Å². The molecular formula is C80H102N18O16. The highest BCUT2D eigenvalue weighted by Crippen LogP contribution is 2.59. The van der Waals surface area contributed by atoms with Crippen LogP contribution in [0, 0.1) is 35.5 Å². The van der Waals surface area contributed by atoms with Crippen molar-refractivity contribution in [3.8, 4) is 0 Å². The number of nitrogens with zero attached hydrogens (tertiary/aromatic N) is 12. The standard InChI is InChI=1S/C27H34N6O6.C27H36N6O5.C26H32N6O5/c34-24(35)20-18-19(39-27(38-18)4-2-1-3-5-27)23(37-20)33-13-30-17-21(28-12-29-22(17)33)31-25(36)32-26-9-14-6-15(10-26)8-16(7-14)11-26;34-12-18-20-21(38-27(37-20)4-2-1-3-5-27)24(36-18)33-14-30-19-22(28-13-29-23(19)33)31-25(35)32-26-9-15-6-16(10-26)8-17(7-15)11-26;33-14-13-28-24(34)20-19-21(37-26(36-19)10-5-2-6-11-26)25(35-20)32-16-31-18-22(29-15-30-23(18)32)27-12-9-17-7-3-1-4-8-17/h12-16,18-20,23H,1-11H2,(H,34,35)(H2,28,29,31,32,36);13-18,20-21,24,34H,1-12H2,(H2,28,29,31,32,35);1,3-4,7-8,15-16,19-21,25,33H,2,5-6,9-14H2,(H,28,34)(H,27,29,30)/t14?,15?,16?,18?,19-,20-,23+,26?;15?,16?,17?,18-,20?,21+,24-,26?;19?,20-,21-,25+/m010/s1. The molecule has 608 valence electrons. The predicted molar refractivity (Wildman–Crippen MR) is 404 cm³/mol. The summed E-state index contributed by atoms with van der Waals surface area (Å²) in [5, 5.41) is 47.7. The molecule has 5 amide bonds. The number of ether oxygens (including phenoxy) is 9. The number of fused-ring (bicyclic) bond motifs is 6. The predicted octanol–water partition coefficient (Wildman–Crippen LogP) is 8.52. The molecule has 12 atom stereocenters. The number of carboxylic acid groups (broad SMARTS) is 1. The highest BCUT2D eigenvalue weighted by atomic mass is 16.8. The molecular weight excluding hydrogens is 1470 g/mol. The van der Waals surface area contributed by atoms with Gasteiger partial charge in [0.25, 0.3) is 5.91 Å². The molecule has 8 bridgehead atoms. The zero-order valence-corrected chi connectivity index (χ0v) is 63.9. The van der Waals surface area contributed by atoms with Crippen LogP contribution in [0.15, 0.2) is 68.3 Å². The molecule has 17 aliphatic rings. The van der Waals surface area contributed by atoms with Crippen LogP contribution in [0.3, 0.4) is 0 Å². The van der Waals surface area contributed by atoms with Crippen molar-refractivity contribution >= 4 is 74.9 Å². The summed E-state index contributed by atoms with van der Waals surface area (Å²) in [5.74, 6) is 2.23. The van der Waals surface area contributed by atoms with Gasteiger partial charge < -0.3 is 79.2 Å². The van der Waals surface area contributed by atoms with E-state index in [0.717, 1.165) is 170 Å². The van der Waals surface area contributed by atoms with Crippen LogP contribution in [0.2, 0.25) is 0 Å². The Hall–Kier alpha value is -8.29. The molecule has 11 saturated carbocycles. The Bertz CT molecular complexity index is 4650. The largest absolute Gasteiger partial charge is 0.479 e. The van der Waals surface area contributed by atoms with Crippen LogP contribution in [-0.2, 0) is 58.6 Å². The third kappa shape index (κ3) is 13.9. The van der Waals surface area contributed by atoms with Gasteiger partial charge in [-0.2, -0.15) is 0 Å². The molecule has 24 rings (SSSR count). The normalized spacial score (nSPS) is 35.7. The van der Waals surface area contributed by atoms with Gasteiger partial charge in [0.05, 0.1) is 32.2 Å². The van der Waals surface area contributed by atoms with E-state index in [0.29, 0.717) is 57.5 Å². The maximum Gasteiger partial charge on any atom is 0.335 e. The molecule has 6 aromatic heterocycles. The van der Waals surface area contributed by atoms with Gasteiger partial charge in [0.2, 0.25) is 0 Å². The van der Waals surface area contributed by atoms with Gasteiger partial charge in [-0.15, -0.1) is 0 Å². The summed E-state index contributed by atoms with van der Waals surface area (Å²) in [4.78, 5) is 91.5. The van der Waals surface area contributed by atoms with E-state index in [-0.39, 0.29) is 61.0 Å². The van der Waals surface area contributed by atoms with Crippen LogP contribution in [0.5, 0.6) is 0 Å². The number of hydrogen-bond donors (Lipinski definition) is 9. The smallest absolute Gasteiger partial charge is 0.335 e. The van der Waals surface area contributed by atoms with Gasteiger partial charge in [-0.25, -0.2) is 59.2 Å². The fourth-order valence-electron chi connectivity index (χ4n) is 23.5. The number of imidazole rings is 3. The summed E-state index contributed by atoms with van der Waals surface area (Å²) >= 11 is 0. The first-order valence-electron chi connectivity index (χ1n) is 41.8. The first kappa shape index (κ1) is 74.5. The lowest BCUT2D eigenvalue weighted by atomic mass is 9.53. The van der Waals surface area contributed by atoms with Gasteiger partial charge in [0, 0.05) is 62.7 Å². The van der Waals surface area contributed by atoms with Crippen molar-refractivity contribution in [2.75, 3.05) is 42.3 Å². The van der Waals surface area contributed by atoms with Crippen LogP contribution in [0.1, 0.15) is 198 Å².